The highest BCUT2D eigenvalue weighted by molar-refractivity contribution is 8.00. The number of nitrogens with two attached hydrogens (primary N) is 1. The number of halogens is 1. The minimum Gasteiger partial charge on any atom is -0.488 e. The fourth-order valence-electron chi connectivity index (χ4n) is 3.07. The molecule has 3 rings (SSSR count). The third kappa shape index (κ3) is 6.72. The molecule has 2 aromatic rings. The first kappa shape index (κ1) is 26.9. The van der Waals surface area contributed by atoms with Gasteiger partial charge in [0.2, 0.25) is 5.75 Å². The number of carboxylic acids is 1. The monoisotopic (exact) mass is 534 g/mol. The molecule has 1 aliphatic rings. The van der Waals surface area contributed by atoms with E-state index in [0.29, 0.717) is 0 Å². The van der Waals surface area contributed by atoms with Crippen molar-refractivity contribution in [1.82, 2.24) is 14.6 Å². The quantitative estimate of drug-likeness (QED) is 0.165. The van der Waals surface area contributed by atoms with Gasteiger partial charge in [-0.15, -0.1) is 11.8 Å². The number of anilines is 1. The lowest BCUT2D eigenvalue weighted by molar-refractivity contribution is -0.139. The van der Waals surface area contributed by atoms with Gasteiger partial charge >= 0.3 is 19.4 Å². The molecule has 6 atom stereocenters. The zero-order valence-corrected chi connectivity index (χ0v) is 20.2. The molecule has 0 amide bonds. The van der Waals surface area contributed by atoms with Crippen molar-refractivity contribution in [3.05, 3.63) is 46.5 Å². The van der Waals surface area contributed by atoms with Gasteiger partial charge in [0.25, 0.3) is 0 Å². The lowest BCUT2D eigenvalue weighted by atomic mass is 10.1. The molecule has 1 aromatic heterocycles. The summed E-state index contributed by atoms with van der Waals surface area (Å²) in [5.41, 5.74) is 5.42. The summed E-state index contributed by atoms with van der Waals surface area (Å²) >= 11 is 0.966. The van der Waals surface area contributed by atoms with Gasteiger partial charge in [-0.3, -0.25) is 9.36 Å². The number of rotatable bonds is 10. The summed E-state index contributed by atoms with van der Waals surface area (Å²) in [7, 11) is -4.66. The van der Waals surface area contributed by atoms with E-state index >= 15 is 0 Å². The highest BCUT2D eigenvalue weighted by atomic mass is 32.2. The summed E-state index contributed by atoms with van der Waals surface area (Å²) in [5, 5.41) is 19.2. The third-order valence-corrected chi connectivity index (χ3v) is 7.40. The van der Waals surface area contributed by atoms with E-state index in [1.165, 1.54) is 24.4 Å². The Balaban J connectivity index is 1.68. The molecule has 2 heterocycles. The maximum atomic E-state index is 14.8. The van der Waals surface area contributed by atoms with Crippen LogP contribution in [-0.4, -0.2) is 60.8 Å². The predicted molar refractivity (Wildman–Crippen MR) is 123 cm³/mol. The molecule has 35 heavy (non-hydrogen) atoms. The number of benzene rings is 1. The number of carbonyl (C=O) groups is 1. The van der Waals surface area contributed by atoms with Gasteiger partial charge in [0.1, 0.15) is 29.9 Å². The van der Waals surface area contributed by atoms with E-state index < -0.39 is 48.3 Å². The molecule has 0 radical (unpaired) electrons. The number of alkyl halides is 1. The van der Waals surface area contributed by atoms with Gasteiger partial charge in [0.05, 0.1) is 5.25 Å². The lowest BCUT2D eigenvalue weighted by Crippen LogP contribution is -2.34. The highest BCUT2D eigenvalue weighted by Gasteiger charge is 2.45. The van der Waals surface area contributed by atoms with Gasteiger partial charge < -0.3 is 30.5 Å². The number of ether oxygens (including phenoxy) is 1. The van der Waals surface area contributed by atoms with Crippen LogP contribution in [0.3, 0.4) is 0 Å². The van der Waals surface area contributed by atoms with Gasteiger partial charge in [-0.25, -0.2) is 18.8 Å². The number of carboxylic acid groups (broad SMARTS) is 1. The highest BCUT2D eigenvalue weighted by Crippen LogP contribution is 2.44. The zero-order chi connectivity index (χ0) is 25.9. The largest absolute Gasteiger partial charge is 0.488 e. The SMILES string of the molecule is Cc1ccc(OOP(=O)(O)NC(C)C(=O)O)c(OC[C@H]2S[C@@H](n3ccc(N)nc3=O)[C@@H](F)[C@@H]2O)c1. The minimum atomic E-state index is -4.66. The maximum Gasteiger partial charge on any atom is 0.440 e. The molecule has 0 aliphatic carbocycles. The Bertz CT molecular complexity index is 1190. The maximum absolute atomic E-state index is 14.8. The van der Waals surface area contributed by atoms with E-state index in [2.05, 4.69) is 9.66 Å². The van der Waals surface area contributed by atoms with Gasteiger partial charge in [-0.2, -0.15) is 4.98 Å². The van der Waals surface area contributed by atoms with Crippen LogP contribution in [0.5, 0.6) is 11.5 Å². The molecule has 192 valence electrons. The molecular weight excluding hydrogens is 510 g/mol. The molecule has 13 nitrogen and oxygen atoms in total. The minimum absolute atomic E-state index is 0.0145. The summed E-state index contributed by atoms with van der Waals surface area (Å²) in [5.74, 6) is -1.47. The number of nitrogens with one attached hydrogen (secondary N) is 1. The fourth-order valence-corrected chi connectivity index (χ4v) is 5.31. The van der Waals surface area contributed by atoms with Crippen LogP contribution in [0.2, 0.25) is 0 Å². The van der Waals surface area contributed by atoms with Crippen molar-refractivity contribution in [1.29, 1.82) is 0 Å². The number of aliphatic hydroxyl groups is 1. The molecule has 0 bridgehead atoms. The number of aliphatic carboxylic acids is 1. The first-order chi connectivity index (χ1) is 16.4. The standard InChI is InChI=1S/C19H24FN4O9PS/c1-9-3-4-11(32-33-34(29,30)23-10(2)18(26)27)12(7-9)31-8-13-16(25)15(20)17(35-13)24-6-5-14(21)22-19(24)28/h3-7,10,13,15-17,25H,8H2,1-2H3,(H,26,27)(H2,21,22,28)(H2,23,29,30)/t10?,13-,15+,16-,17-/m1/s1. The van der Waals surface area contributed by atoms with Crippen molar-refractivity contribution in [3.63, 3.8) is 0 Å². The number of hydrogen-bond donors (Lipinski definition) is 5. The second kappa shape index (κ2) is 10.9. The number of nitrogens with zero attached hydrogens (tertiary/aromatic N) is 2. The van der Waals surface area contributed by atoms with E-state index in [0.717, 1.165) is 28.8 Å². The molecule has 16 heteroatoms. The average Bonchev–Trinajstić information content (AvgIpc) is 3.05. The van der Waals surface area contributed by atoms with Gasteiger partial charge in [0, 0.05) is 6.20 Å². The van der Waals surface area contributed by atoms with E-state index in [9.17, 15) is 28.5 Å². The normalized spacial score (nSPS) is 24.5. The van der Waals surface area contributed by atoms with Gasteiger partial charge in [0.15, 0.2) is 11.9 Å². The summed E-state index contributed by atoms with van der Waals surface area (Å²) in [6.07, 6.45) is -1.98. The van der Waals surface area contributed by atoms with Crippen molar-refractivity contribution in [2.75, 3.05) is 12.3 Å². The molecule has 1 aliphatic heterocycles. The number of aromatic nitrogens is 2. The molecule has 1 aromatic carbocycles. The number of hydrogen-bond acceptors (Lipinski definition) is 10. The molecule has 1 fully saturated rings. The van der Waals surface area contributed by atoms with Crippen LogP contribution in [-0.2, 0) is 14.0 Å². The van der Waals surface area contributed by atoms with Crippen molar-refractivity contribution in [2.24, 2.45) is 0 Å². The van der Waals surface area contributed by atoms with Crippen molar-refractivity contribution in [3.8, 4) is 11.5 Å². The Hall–Kier alpha value is -2.68. The Kier molecular flexibility index (Phi) is 8.41. The van der Waals surface area contributed by atoms with Crippen LogP contribution in [0.4, 0.5) is 10.2 Å². The lowest BCUT2D eigenvalue weighted by Gasteiger charge is -2.18. The Morgan fingerprint density at radius 3 is 2.77 bits per heavy atom. The van der Waals surface area contributed by atoms with Crippen LogP contribution >= 0.6 is 19.5 Å². The van der Waals surface area contributed by atoms with Crippen LogP contribution in [0.25, 0.3) is 0 Å². The number of aliphatic hydroxyl groups excluding tert-OH is 1. The molecule has 2 unspecified atom stereocenters. The second-order valence-corrected chi connectivity index (χ2v) is 10.5. The van der Waals surface area contributed by atoms with Gasteiger partial charge in [-0.05, 0) is 37.6 Å². The Morgan fingerprint density at radius 1 is 1.40 bits per heavy atom. The van der Waals surface area contributed by atoms with Crippen LogP contribution in [0.1, 0.15) is 17.9 Å². The first-order valence-corrected chi connectivity index (χ1v) is 12.7. The average molecular weight is 534 g/mol. The van der Waals surface area contributed by atoms with Crippen LogP contribution in [0.15, 0.2) is 35.3 Å². The molecule has 1 saturated heterocycles. The summed E-state index contributed by atoms with van der Waals surface area (Å²) in [6.45, 7) is 2.65. The van der Waals surface area contributed by atoms with Crippen molar-refractivity contribution < 1.29 is 43.2 Å². The predicted octanol–water partition coefficient (Wildman–Crippen LogP) is 0.999. The molecular formula is C19H24FN4O9PS. The number of aryl methyl sites for hydroxylation is 1. The van der Waals surface area contributed by atoms with E-state index in [1.54, 1.807) is 13.0 Å². The third-order valence-electron chi connectivity index (χ3n) is 4.88. The fraction of sp³-hybridized carbons (Fsp3) is 0.421. The topological polar surface area (TPSA) is 195 Å². The van der Waals surface area contributed by atoms with E-state index in [-0.39, 0.29) is 23.9 Å². The summed E-state index contributed by atoms with van der Waals surface area (Å²) < 4.78 is 38.0. The second-order valence-electron chi connectivity index (χ2n) is 7.67. The molecule has 0 spiro atoms. The van der Waals surface area contributed by atoms with E-state index in [1.807, 2.05) is 5.09 Å². The van der Waals surface area contributed by atoms with E-state index in [4.69, 9.17) is 20.5 Å². The van der Waals surface area contributed by atoms with Crippen molar-refractivity contribution in [2.45, 2.75) is 42.8 Å². The number of thioether (sulfide) groups is 1. The zero-order valence-electron chi connectivity index (χ0n) is 18.5. The molecule has 0 saturated carbocycles. The van der Waals surface area contributed by atoms with Crippen LogP contribution < -0.4 is 26.1 Å². The Morgan fingerprint density at radius 2 is 2.11 bits per heavy atom. The summed E-state index contributed by atoms with van der Waals surface area (Å²) in [4.78, 5) is 41.2. The number of nitrogen functional groups attached to an aromatic ring is 1. The van der Waals surface area contributed by atoms with Gasteiger partial charge in [-0.1, -0.05) is 10.7 Å². The van der Waals surface area contributed by atoms with Crippen molar-refractivity contribution >= 4 is 31.3 Å². The molecule has 6 N–H and O–H groups in total. The smallest absolute Gasteiger partial charge is 0.440 e. The Labute approximate surface area is 202 Å². The summed E-state index contributed by atoms with van der Waals surface area (Å²) in [6, 6.07) is 4.43. The first-order valence-electron chi connectivity index (χ1n) is 10.1. The van der Waals surface area contributed by atoms with Crippen LogP contribution in [0, 0.1) is 6.92 Å².